The second-order valence-electron chi connectivity index (χ2n) is 33.9. The molecule has 0 N–H and O–H groups in total. The summed E-state index contributed by atoms with van der Waals surface area (Å²) in [5, 5.41) is 0. The molecule has 135 heavy (non-hydrogen) atoms. The van der Waals surface area contributed by atoms with E-state index >= 15 is 14.0 Å². The van der Waals surface area contributed by atoms with Gasteiger partial charge < -0.3 is 90.0 Å². The maximum atomic E-state index is 17.8. The lowest BCUT2D eigenvalue weighted by Gasteiger charge is -2.51. The first-order valence-electron chi connectivity index (χ1n) is 46.0. The van der Waals surface area contributed by atoms with E-state index in [1.807, 2.05) is 334 Å². The molecule has 20 atom stereocenters. The van der Waals surface area contributed by atoms with Crippen LogP contribution in [-0.4, -0.2) is 172 Å². The molecule has 24 heteroatoms. The molecule has 5 aliphatic heterocycles. The summed E-state index contributed by atoms with van der Waals surface area (Å²) in [6, 6.07) is 111. The van der Waals surface area contributed by atoms with Crippen molar-refractivity contribution in [1.29, 1.82) is 0 Å². The number of hydrogen-bond donors (Lipinski definition) is 0. The Balaban J connectivity index is 0.808. The van der Waals surface area contributed by atoms with E-state index in [0.717, 1.165) is 61.2 Å². The maximum Gasteiger partial charge on any atom is 0.303 e. The van der Waals surface area contributed by atoms with Crippen molar-refractivity contribution in [2.24, 2.45) is 0 Å². The maximum absolute atomic E-state index is 17.8. The van der Waals surface area contributed by atoms with Crippen molar-refractivity contribution in [3.63, 3.8) is 0 Å². The molecule has 2 amide bonds. The lowest BCUT2D eigenvalue weighted by molar-refractivity contribution is -0.389. The second kappa shape index (κ2) is 48.8. The Morgan fingerprint density at radius 1 is 0.252 bits per heavy atom. The molecule has 17 rings (SSSR count). The number of amides is 2. The van der Waals surface area contributed by atoms with E-state index in [0.29, 0.717) is 0 Å². The molecule has 12 aromatic rings. The van der Waals surface area contributed by atoms with Crippen LogP contribution in [0.2, 0.25) is 0 Å². The second-order valence-corrected chi connectivity index (χ2v) is 33.9. The molecule has 12 aromatic carbocycles. The van der Waals surface area contributed by atoms with Crippen LogP contribution in [0.3, 0.4) is 0 Å². The van der Waals surface area contributed by atoms with Crippen LogP contribution in [0.1, 0.15) is 88.8 Å². The van der Waals surface area contributed by atoms with Crippen LogP contribution >= 0.6 is 0 Å². The molecule has 0 saturated carbocycles. The molecule has 0 bridgehead atoms. The van der Waals surface area contributed by atoms with Gasteiger partial charge in [0.2, 0.25) is 6.36 Å². The normalized spacial score (nSPS) is 25.6. The molecule has 4 fully saturated rings. The number of esters is 1. The van der Waals surface area contributed by atoms with Gasteiger partial charge in [0.1, 0.15) is 85.4 Å². The van der Waals surface area contributed by atoms with Gasteiger partial charge in [-0.15, -0.1) is 0 Å². The third-order valence-electron chi connectivity index (χ3n) is 24.3. The highest BCUT2D eigenvalue weighted by Gasteiger charge is 2.60. The minimum atomic E-state index is -2.23. The number of nitrogens with zero attached hydrogens (tertiary/aromatic N) is 1. The number of carbonyl (C=O) groups excluding carboxylic acids is 3. The quantitative estimate of drug-likeness (QED) is 0.0255. The van der Waals surface area contributed by atoms with Crippen molar-refractivity contribution in [3.8, 4) is 0 Å². The predicted molar refractivity (Wildman–Crippen MR) is 496 cm³/mol. The van der Waals surface area contributed by atoms with Crippen molar-refractivity contribution in [2.45, 2.75) is 202 Å². The van der Waals surface area contributed by atoms with E-state index in [1.165, 1.54) is 11.8 Å². The van der Waals surface area contributed by atoms with E-state index in [4.69, 9.17) is 90.0 Å². The van der Waals surface area contributed by atoms with Gasteiger partial charge in [0.05, 0.1) is 110 Å². The van der Waals surface area contributed by atoms with E-state index in [-0.39, 0.29) is 97.0 Å². The third kappa shape index (κ3) is 25.8. The van der Waals surface area contributed by atoms with Gasteiger partial charge in [0.15, 0.2) is 31.1 Å². The van der Waals surface area contributed by atoms with Gasteiger partial charge in [-0.1, -0.05) is 346 Å². The minimum absolute atomic E-state index is 0.00503. The number of carbonyl (C=O) groups is 3. The molecule has 700 valence electrons. The van der Waals surface area contributed by atoms with Crippen LogP contribution < -0.4 is 0 Å². The van der Waals surface area contributed by atoms with Crippen LogP contribution in [0.15, 0.2) is 358 Å². The van der Waals surface area contributed by atoms with Gasteiger partial charge in [-0.2, -0.15) is 0 Å². The van der Waals surface area contributed by atoms with Crippen LogP contribution in [0, 0.1) is 0 Å². The van der Waals surface area contributed by atoms with E-state index in [9.17, 15) is 4.79 Å². The fourth-order valence-electron chi connectivity index (χ4n) is 17.5. The summed E-state index contributed by atoms with van der Waals surface area (Å²) in [7, 11) is 0. The highest BCUT2D eigenvalue weighted by molar-refractivity contribution is 6.21. The Labute approximate surface area is 786 Å². The fourth-order valence-corrected chi connectivity index (χ4v) is 17.5. The molecule has 5 aliphatic rings. The largest absolute Gasteiger partial charge is 0.457 e. The molecule has 0 aromatic heterocycles. The molecule has 4 saturated heterocycles. The zero-order chi connectivity index (χ0) is 92.1. The first-order valence-corrected chi connectivity index (χ1v) is 46.0. The monoisotopic (exact) mass is 1830 g/mol. The number of rotatable bonds is 45. The highest BCUT2D eigenvalue weighted by atomic mass is 19.1. The summed E-state index contributed by atoms with van der Waals surface area (Å²) in [6.45, 7) is 0.238. The number of ether oxygens (including phenoxy) is 19. The minimum Gasteiger partial charge on any atom is -0.457 e. The molecular formula is C111H112FNO22. The summed E-state index contributed by atoms with van der Waals surface area (Å²) in [6.07, 6.45) is -25.9. The van der Waals surface area contributed by atoms with Gasteiger partial charge >= 0.3 is 5.97 Å². The molecule has 0 spiro atoms. The van der Waals surface area contributed by atoms with Gasteiger partial charge in [0.25, 0.3) is 11.8 Å². The molecule has 0 aliphatic carbocycles. The van der Waals surface area contributed by atoms with E-state index < -0.39 is 154 Å². The predicted octanol–water partition coefficient (Wildman–Crippen LogP) is 17.6. The zero-order valence-electron chi connectivity index (χ0n) is 75.0. The summed E-state index contributed by atoms with van der Waals surface area (Å²) in [5.74, 6) is -1.96. The molecule has 23 nitrogen and oxygen atoms in total. The first kappa shape index (κ1) is 95.2. The van der Waals surface area contributed by atoms with Gasteiger partial charge in [-0.3, -0.25) is 19.3 Å². The van der Waals surface area contributed by atoms with E-state index in [1.54, 1.807) is 24.3 Å². The van der Waals surface area contributed by atoms with Crippen LogP contribution in [0.5, 0.6) is 0 Å². The lowest BCUT2D eigenvalue weighted by Crippen LogP contribution is -2.68. The highest BCUT2D eigenvalue weighted by Crippen LogP contribution is 2.42. The van der Waals surface area contributed by atoms with Crippen molar-refractivity contribution in [3.05, 3.63) is 430 Å². The number of imide groups is 1. The smallest absolute Gasteiger partial charge is 0.303 e. The summed E-state index contributed by atoms with van der Waals surface area (Å²) in [4.78, 5) is 46.3. The van der Waals surface area contributed by atoms with Crippen LogP contribution in [0.4, 0.5) is 4.39 Å². The summed E-state index contributed by atoms with van der Waals surface area (Å²) in [5.41, 5.74) is 9.16. The first-order chi connectivity index (χ1) is 66.5. The Hall–Kier alpha value is -11.5. The Morgan fingerprint density at radius 2 is 0.496 bits per heavy atom. The third-order valence-corrected chi connectivity index (χ3v) is 24.3. The van der Waals surface area contributed by atoms with Crippen molar-refractivity contribution >= 4 is 17.8 Å². The SMILES string of the molecule is CC(=O)O[C@@H]1C(OCc2ccccc2)[C@@H](F)OC(CO[C@H]2OC(COCc3ccccc3)[C@@H](OCc3ccccc3)[C@H](OCc3ccccc3)C2O[C@H]2OC(CO[C@@H]3OC(COCc4ccccc4)[C@@H](OCc4ccccc4)[C@H](OCc4ccccc4)C3N3C(=O)c4ccccc4C3=O)[C@@H](OCc3ccccc3)[C@H](OCc3ccccc3)C2OCc2ccccc2)[C@H]1OCc1ccccc1. The average Bonchev–Trinajstić information content (AvgIpc) is 1.61. The van der Waals surface area contributed by atoms with Crippen molar-refractivity contribution < 1.29 is 109 Å². The Morgan fingerprint density at radius 3 is 0.837 bits per heavy atom. The van der Waals surface area contributed by atoms with Gasteiger partial charge in [-0.25, -0.2) is 4.39 Å². The van der Waals surface area contributed by atoms with Crippen LogP contribution in [-0.2, 0) is 167 Å². The number of fused-ring (bicyclic) bond motifs is 1. The van der Waals surface area contributed by atoms with Gasteiger partial charge in [-0.05, 0) is 73.3 Å². The molecule has 5 heterocycles. The molecular weight excluding hydrogens is 1720 g/mol. The summed E-state index contributed by atoms with van der Waals surface area (Å²) < 4.78 is 155. The van der Waals surface area contributed by atoms with Crippen LogP contribution in [0.25, 0.3) is 0 Å². The fraction of sp³-hybridized carbons (Fsp3) is 0.324. The van der Waals surface area contributed by atoms with Gasteiger partial charge in [0, 0.05) is 6.92 Å². The summed E-state index contributed by atoms with van der Waals surface area (Å²) >= 11 is 0. The number of alkyl halides is 1. The Bertz CT molecular complexity index is 5500. The van der Waals surface area contributed by atoms with E-state index in [2.05, 4.69) is 0 Å². The topological polar surface area (TPSA) is 230 Å². The number of halogens is 1. The molecule has 8 unspecified atom stereocenters. The standard InChI is InChI=1S/C111H112FNO22/c1-76(114)130-102-98(122-66-82-47-23-7-24-48-82)92(131-106(112)103(102)126-70-86-55-31-11-32-56-86)74-129-110-105(101(125-69-85-53-29-10-30-54-85)96(120-64-80-43-19-5-20-44-80)91(133-110)73-118-62-78-39-15-3-16-40-78)135-111-104(127-71-87-57-33-12-34-58-87)100(124-68-84-51-27-9-28-52-84)97(121-65-81-45-21-6-22-46-81)93(134-111)75-128-109-94(113-107(115)88-59-35-36-60-89(88)108(113)116)99(123-67-83-49-25-8-26-50-83)95(119-63-79-41-17-4-18-42-79)90(132-109)72-117-61-77-37-13-2-14-38-77/h2-60,90-106,109-111H,61-75H2,1H3/t90?,91?,92?,93?,94?,95-,96-,97-,98-,99-,100+,101+,102+,103?,104?,105?,106+,109-,110+,111-/m1/s1. The zero-order valence-corrected chi connectivity index (χ0v) is 75.0. The average molecular weight is 1830 g/mol. The van der Waals surface area contributed by atoms with Crippen molar-refractivity contribution in [1.82, 2.24) is 4.90 Å². The van der Waals surface area contributed by atoms with Crippen molar-refractivity contribution in [2.75, 3.05) is 26.4 Å². The molecule has 0 radical (unpaired) electrons. The lowest BCUT2D eigenvalue weighted by atomic mass is 9.94. The number of benzene rings is 12. The Kier molecular flexibility index (Phi) is 34.4. The number of hydrogen-bond acceptors (Lipinski definition) is 22.